The lowest BCUT2D eigenvalue weighted by Gasteiger charge is -2.46. The molecule has 9 heteroatoms. The molecule has 0 aliphatic carbocycles. The topological polar surface area (TPSA) is 49.9 Å². The van der Waals surface area contributed by atoms with Crippen molar-refractivity contribution in [2.75, 3.05) is 24.5 Å². The maximum atomic E-state index is 14.1. The second-order valence-corrected chi connectivity index (χ2v) is 9.03. The summed E-state index contributed by atoms with van der Waals surface area (Å²) in [6.45, 7) is 3.33. The van der Waals surface area contributed by atoms with E-state index in [0.29, 0.717) is 12.0 Å². The van der Waals surface area contributed by atoms with Crippen LogP contribution in [0, 0.1) is 0 Å². The number of piperazine rings is 1. The van der Waals surface area contributed by atoms with Crippen LogP contribution >= 0.6 is 0 Å². The van der Waals surface area contributed by atoms with Crippen LogP contribution < -0.4 is 4.90 Å². The van der Waals surface area contributed by atoms with E-state index in [4.69, 9.17) is 0 Å². The first-order chi connectivity index (χ1) is 13.8. The van der Waals surface area contributed by atoms with Crippen molar-refractivity contribution in [3.8, 4) is 0 Å². The molecule has 29 heavy (non-hydrogen) atoms. The van der Waals surface area contributed by atoms with Crippen LogP contribution in [0.15, 0.2) is 48.5 Å². The number of fused-ring (bicyclic) bond motifs is 3. The van der Waals surface area contributed by atoms with E-state index in [2.05, 4.69) is 26.3 Å². The van der Waals surface area contributed by atoms with E-state index >= 15 is 0 Å². The molecular formula is C20H21F3N2O3S. The highest BCUT2D eigenvalue weighted by Crippen LogP contribution is 2.40. The standard InChI is InChI=1S/C20H21F3N2O3S/c21-20(22,29(26,27)28-23)17-7-9-19-16(12-17)6-8-18-14-24(10-11-25(18)19)13-15-4-2-1-3-5-15/h1-5,7,9,12,18H,6,8,10-11,13-14H2/t18-/m1/s1. The zero-order valence-electron chi connectivity index (χ0n) is 15.6. The Bertz CT molecular complexity index is 986. The number of hydrogen-bond acceptors (Lipinski definition) is 5. The highest BCUT2D eigenvalue weighted by molar-refractivity contribution is 7.87. The molecule has 0 aromatic heterocycles. The summed E-state index contributed by atoms with van der Waals surface area (Å²) in [7, 11) is -5.66. The lowest BCUT2D eigenvalue weighted by atomic mass is 9.92. The van der Waals surface area contributed by atoms with Gasteiger partial charge in [0.25, 0.3) is 0 Å². The number of anilines is 1. The van der Waals surface area contributed by atoms with Gasteiger partial charge in [-0.15, -0.1) is 0 Å². The van der Waals surface area contributed by atoms with Gasteiger partial charge in [0.2, 0.25) is 0 Å². The molecule has 0 unspecified atom stereocenters. The van der Waals surface area contributed by atoms with Gasteiger partial charge in [0.15, 0.2) is 0 Å². The summed E-state index contributed by atoms with van der Waals surface area (Å²) in [4.78, 5) is 4.58. The van der Waals surface area contributed by atoms with Gasteiger partial charge in [0.1, 0.15) is 0 Å². The monoisotopic (exact) mass is 426 g/mol. The summed E-state index contributed by atoms with van der Waals surface area (Å²) >= 11 is 0. The van der Waals surface area contributed by atoms with Crippen LogP contribution in [-0.4, -0.2) is 39.0 Å². The second kappa shape index (κ2) is 7.62. The summed E-state index contributed by atoms with van der Waals surface area (Å²) in [6, 6.07) is 14.2. The van der Waals surface area contributed by atoms with E-state index in [1.165, 1.54) is 11.6 Å². The summed E-state index contributed by atoms with van der Waals surface area (Å²) < 4.78 is 65.4. The van der Waals surface area contributed by atoms with E-state index in [0.717, 1.165) is 50.4 Å². The largest absolute Gasteiger partial charge is 0.397 e. The Morgan fingerprint density at radius 3 is 2.59 bits per heavy atom. The fourth-order valence-corrected chi connectivity index (χ4v) is 4.72. The number of halogens is 3. The number of benzene rings is 2. The van der Waals surface area contributed by atoms with Crippen molar-refractivity contribution in [2.45, 2.75) is 30.7 Å². The molecule has 2 aromatic rings. The van der Waals surface area contributed by atoms with E-state index in [-0.39, 0.29) is 6.04 Å². The molecule has 0 radical (unpaired) electrons. The fourth-order valence-electron chi connectivity index (χ4n) is 4.22. The number of nitrogens with zero attached hydrogens (tertiary/aromatic N) is 2. The molecule has 2 heterocycles. The first-order valence-corrected chi connectivity index (χ1v) is 10.8. The van der Waals surface area contributed by atoms with Gasteiger partial charge in [-0.2, -0.15) is 17.2 Å². The van der Waals surface area contributed by atoms with Gasteiger partial charge in [-0.25, -0.2) is 0 Å². The number of rotatable bonds is 5. The molecule has 0 bridgehead atoms. The first-order valence-electron chi connectivity index (χ1n) is 9.41. The van der Waals surface area contributed by atoms with Crippen molar-refractivity contribution < 1.29 is 26.1 Å². The Kier molecular flexibility index (Phi) is 5.30. The number of aryl methyl sites for hydroxylation is 1. The maximum absolute atomic E-state index is 14.1. The Labute approximate surface area is 167 Å². The molecule has 2 aliphatic rings. The van der Waals surface area contributed by atoms with Crippen LogP contribution in [0.2, 0.25) is 0 Å². The van der Waals surface area contributed by atoms with Gasteiger partial charge in [0.05, 0.1) is 0 Å². The van der Waals surface area contributed by atoms with E-state index in [1.807, 2.05) is 18.2 Å². The average molecular weight is 426 g/mol. The number of hydrogen-bond donors (Lipinski definition) is 0. The fraction of sp³-hybridized carbons (Fsp3) is 0.400. The lowest BCUT2D eigenvalue weighted by Crippen LogP contribution is -2.54. The molecule has 2 aromatic carbocycles. The van der Waals surface area contributed by atoms with Crippen LogP contribution in [0.4, 0.5) is 19.0 Å². The molecule has 5 nitrogen and oxygen atoms in total. The normalized spacial score (nSPS) is 20.2. The molecule has 0 saturated carbocycles. The molecule has 0 spiro atoms. The molecule has 1 atom stereocenters. The maximum Gasteiger partial charge on any atom is 0.397 e. The van der Waals surface area contributed by atoms with Crippen molar-refractivity contribution in [1.29, 1.82) is 0 Å². The third-order valence-corrected chi connectivity index (χ3v) is 6.71. The van der Waals surface area contributed by atoms with Crippen LogP contribution in [0.5, 0.6) is 0 Å². The second-order valence-electron chi connectivity index (χ2n) is 7.48. The van der Waals surface area contributed by atoms with Gasteiger partial charge < -0.3 is 4.90 Å². The Morgan fingerprint density at radius 2 is 1.86 bits per heavy atom. The third kappa shape index (κ3) is 3.74. The first kappa shape index (κ1) is 20.2. The summed E-state index contributed by atoms with van der Waals surface area (Å²) in [6.07, 6.45) is 1.33. The molecule has 156 valence electrons. The Hall–Kier alpha value is -2.10. The molecule has 1 saturated heterocycles. The minimum absolute atomic E-state index is 0.268. The van der Waals surface area contributed by atoms with Gasteiger partial charge in [-0.05, 0) is 46.7 Å². The predicted molar refractivity (Wildman–Crippen MR) is 103 cm³/mol. The lowest BCUT2D eigenvalue weighted by molar-refractivity contribution is -0.0289. The van der Waals surface area contributed by atoms with E-state index < -0.39 is 20.9 Å². The third-order valence-electron chi connectivity index (χ3n) is 5.68. The van der Waals surface area contributed by atoms with Crippen molar-refractivity contribution in [1.82, 2.24) is 4.90 Å². The van der Waals surface area contributed by atoms with Crippen molar-refractivity contribution >= 4 is 15.8 Å². The van der Waals surface area contributed by atoms with Crippen molar-refractivity contribution in [2.24, 2.45) is 0 Å². The SMILES string of the molecule is O=S(=O)(OF)C(F)(F)c1ccc2c(c1)CC[C@@H]1CN(Cc3ccccc3)CCN21. The van der Waals surface area contributed by atoms with E-state index in [1.54, 1.807) is 0 Å². The highest BCUT2D eigenvalue weighted by Gasteiger charge is 2.49. The van der Waals surface area contributed by atoms with Crippen LogP contribution in [-0.2, 0) is 32.7 Å². The number of alkyl halides is 2. The molecule has 4 rings (SSSR count). The van der Waals surface area contributed by atoms with Gasteiger partial charge in [-0.1, -0.05) is 34.7 Å². The zero-order valence-corrected chi connectivity index (χ0v) is 16.4. The Balaban J connectivity index is 1.52. The predicted octanol–water partition coefficient (Wildman–Crippen LogP) is 3.60. The smallest absolute Gasteiger partial charge is 0.366 e. The molecule has 2 aliphatic heterocycles. The van der Waals surface area contributed by atoms with Gasteiger partial charge in [-0.3, -0.25) is 4.90 Å². The quantitative estimate of drug-likeness (QED) is 0.731. The average Bonchev–Trinajstić information content (AvgIpc) is 2.73. The van der Waals surface area contributed by atoms with Crippen molar-refractivity contribution in [3.63, 3.8) is 0 Å². The molecule has 0 N–H and O–H groups in total. The molecule has 0 amide bonds. The minimum Gasteiger partial charge on any atom is -0.366 e. The van der Waals surface area contributed by atoms with Crippen LogP contribution in [0.3, 0.4) is 0 Å². The zero-order chi connectivity index (χ0) is 20.6. The Morgan fingerprint density at radius 1 is 1.10 bits per heavy atom. The van der Waals surface area contributed by atoms with Crippen LogP contribution in [0.25, 0.3) is 0 Å². The highest BCUT2D eigenvalue weighted by atomic mass is 32.2. The molecular weight excluding hydrogens is 405 g/mol. The van der Waals surface area contributed by atoms with Gasteiger partial charge in [0, 0.05) is 43.5 Å². The van der Waals surface area contributed by atoms with Gasteiger partial charge >= 0.3 is 15.4 Å². The summed E-state index contributed by atoms with van der Waals surface area (Å²) in [5, 5.41) is -4.44. The van der Waals surface area contributed by atoms with Crippen LogP contribution in [0.1, 0.15) is 23.1 Å². The summed E-state index contributed by atoms with van der Waals surface area (Å²) in [5.74, 6) is 0. The van der Waals surface area contributed by atoms with Crippen molar-refractivity contribution in [3.05, 3.63) is 65.2 Å². The summed E-state index contributed by atoms with van der Waals surface area (Å²) in [5.41, 5.74) is 1.94. The minimum atomic E-state index is -5.66. The van der Waals surface area contributed by atoms with E-state index in [9.17, 15) is 21.7 Å². The molecule has 1 fully saturated rings.